The van der Waals surface area contributed by atoms with Gasteiger partial charge in [-0.3, -0.25) is 4.79 Å². The van der Waals surface area contributed by atoms with Crippen molar-refractivity contribution in [2.45, 2.75) is 31.7 Å². The van der Waals surface area contributed by atoms with Crippen LogP contribution in [0.1, 0.15) is 25.7 Å². The maximum atomic E-state index is 12.0. The quantitative estimate of drug-likeness (QED) is 0.772. The Morgan fingerprint density at radius 1 is 1.45 bits per heavy atom. The van der Waals surface area contributed by atoms with Gasteiger partial charge in [0.2, 0.25) is 5.91 Å². The van der Waals surface area contributed by atoms with Gasteiger partial charge in [-0.15, -0.1) is 0 Å². The zero-order valence-electron chi connectivity index (χ0n) is 13.6. The molecule has 1 aliphatic rings. The van der Waals surface area contributed by atoms with E-state index in [1.165, 1.54) is 12.8 Å². The number of carbonyl (C=O) groups excluding carboxylic acids is 1. The molecular formula is C17H27N3O2. The van der Waals surface area contributed by atoms with E-state index < -0.39 is 0 Å². The third-order valence-corrected chi connectivity index (χ3v) is 3.81. The number of likely N-dealkylation sites (N-methyl/N-ethyl adjacent to an activating group) is 1. The molecule has 0 radical (unpaired) electrons. The minimum absolute atomic E-state index is 0.0686. The Morgan fingerprint density at radius 3 is 3.05 bits per heavy atom. The Morgan fingerprint density at radius 2 is 2.32 bits per heavy atom. The predicted octanol–water partition coefficient (Wildman–Crippen LogP) is 2.10. The maximum absolute atomic E-state index is 12.0. The van der Waals surface area contributed by atoms with Crippen LogP contribution in [0, 0.1) is 0 Å². The van der Waals surface area contributed by atoms with E-state index in [0.717, 1.165) is 30.9 Å². The predicted molar refractivity (Wildman–Crippen MR) is 89.4 cm³/mol. The number of anilines is 1. The molecule has 0 saturated carbocycles. The summed E-state index contributed by atoms with van der Waals surface area (Å²) in [6.45, 7) is 2.58. The first-order valence-electron chi connectivity index (χ1n) is 8.04. The van der Waals surface area contributed by atoms with Crippen LogP contribution in [0.25, 0.3) is 0 Å². The lowest BCUT2D eigenvalue weighted by atomic mass is 10.1. The smallest absolute Gasteiger partial charge is 0.224 e. The van der Waals surface area contributed by atoms with E-state index in [9.17, 15) is 4.79 Å². The summed E-state index contributed by atoms with van der Waals surface area (Å²) in [6, 6.07) is 8.09. The fourth-order valence-corrected chi connectivity index (χ4v) is 2.54. The molecule has 1 atom stereocenters. The lowest BCUT2D eigenvalue weighted by Gasteiger charge is -2.13. The fourth-order valence-electron chi connectivity index (χ4n) is 2.54. The van der Waals surface area contributed by atoms with Crippen molar-refractivity contribution >= 4 is 11.6 Å². The van der Waals surface area contributed by atoms with Crippen molar-refractivity contribution in [3.05, 3.63) is 24.3 Å². The molecule has 1 amide bonds. The molecule has 1 aliphatic heterocycles. The van der Waals surface area contributed by atoms with Gasteiger partial charge in [-0.05, 0) is 52.0 Å². The van der Waals surface area contributed by atoms with E-state index in [0.29, 0.717) is 19.1 Å². The molecule has 5 nitrogen and oxygen atoms in total. The summed E-state index contributed by atoms with van der Waals surface area (Å²) >= 11 is 0. The van der Waals surface area contributed by atoms with Crippen molar-refractivity contribution in [3.8, 4) is 5.75 Å². The van der Waals surface area contributed by atoms with E-state index in [4.69, 9.17) is 4.74 Å². The Balaban J connectivity index is 1.75. The molecule has 1 unspecified atom stereocenters. The highest BCUT2D eigenvalue weighted by molar-refractivity contribution is 5.90. The molecule has 0 aromatic heterocycles. The zero-order chi connectivity index (χ0) is 15.8. The van der Waals surface area contributed by atoms with Crippen LogP contribution in [0.5, 0.6) is 5.75 Å². The van der Waals surface area contributed by atoms with E-state index >= 15 is 0 Å². The van der Waals surface area contributed by atoms with E-state index in [1.807, 2.05) is 38.4 Å². The summed E-state index contributed by atoms with van der Waals surface area (Å²) in [4.78, 5) is 14.1. The van der Waals surface area contributed by atoms with Crippen molar-refractivity contribution in [2.75, 3.05) is 39.1 Å². The molecule has 1 aromatic carbocycles. The van der Waals surface area contributed by atoms with Crippen LogP contribution < -0.4 is 15.4 Å². The summed E-state index contributed by atoms with van der Waals surface area (Å²) in [5, 5.41) is 6.36. The van der Waals surface area contributed by atoms with E-state index in [1.54, 1.807) is 0 Å². The maximum Gasteiger partial charge on any atom is 0.224 e. The van der Waals surface area contributed by atoms with Crippen molar-refractivity contribution in [1.82, 2.24) is 10.2 Å². The monoisotopic (exact) mass is 305 g/mol. The summed E-state index contributed by atoms with van der Waals surface area (Å²) in [5.41, 5.74) is 0.798. The molecule has 0 aliphatic carbocycles. The number of carbonyl (C=O) groups is 1. The van der Waals surface area contributed by atoms with Gasteiger partial charge in [0.25, 0.3) is 0 Å². The van der Waals surface area contributed by atoms with Crippen LogP contribution >= 0.6 is 0 Å². The Labute approximate surface area is 133 Å². The number of hydrogen-bond donors (Lipinski definition) is 2. The Kier molecular flexibility index (Phi) is 6.68. The van der Waals surface area contributed by atoms with Crippen molar-refractivity contribution in [1.29, 1.82) is 0 Å². The van der Waals surface area contributed by atoms with Gasteiger partial charge in [-0.2, -0.15) is 0 Å². The molecular weight excluding hydrogens is 278 g/mol. The average molecular weight is 305 g/mol. The van der Waals surface area contributed by atoms with E-state index in [2.05, 4.69) is 15.5 Å². The number of nitrogens with zero attached hydrogens (tertiary/aromatic N) is 1. The van der Waals surface area contributed by atoms with Gasteiger partial charge in [0, 0.05) is 30.8 Å². The summed E-state index contributed by atoms with van der Waals surface area (Å²) in [7, 11) is 4.03. The Hall–Kier alpha value is -1.59. The van der Waals surface area contributed by atoms with Crippen LogP contribution in [-0.4, -0.2) is 50.6 Å². The van der Waals surface area contributed by atoms with Gasteiger partial charge in [-0.25, -0.2) is 0 Å². The number of ether oxygens (including phenoxy) is 1. The van der Waals surface area contributed by atoms with Crippen molar-refractivity contribution < 1.29 is 9.53 Å². The second-order valence-electron chi connectivity index (χ2n) is 6.06. The molecule has 1 fully saturated rings. The number of hydrogen-bond acceptors (Lipinski definition) is 4. The van der Waals surface area contributed by atoms with Crippen LogP contribution in [0.15, 0.2) is 24.3 Å². The van der Waals surface area contributed by atoms with Gasteiger partial charge in [0.1, 0.15) is 12.4 Å². The zero-order valence-corrected chi connectivity index (χ0v) is 13.6. The third-order valence-electron chi connectivity index (χ3n) is 3.81. The number of benzene rings is 1. The number of amides is 1. The third kappa shape index (κ3) is 6.03. The lowest BCUT2D eigenvalue weighted by Crippen LogP contribution is -2.23. The molecule has 0 spiro atoms. The second kappa shape index (κ2) is 8.76. The molecule has 22 heavy (non-hydrogen) atoms. The molecule has 1 heterocycles. The summed E-state index contributed by atoms with van der Waals surface area (Å²) in [6.07, 6.45) is 3.87. The Bertz CT molecular complexity index is 471. The van der Waals surface area contributed by atoms with Crippen molar-refractivity contribution in [2.24, 2.45) is 0 Å². The molecule has 2 N–H and O–H groups in total. The standard InChI is InChI=1S/C17H27N3O2/c1-20(2)11-12-22-16-7-3-5-15(13-16)19-17(21)9-8-14-6-4-10-18-14/h3,5,7,13-14,18H,4,6,8-12H2,1-2H3,(H,19,21). The first-order valence-corrected chi connectivity index (χ1v) is 8.04. The molecule has 122 valence electrons. The van der Waals surface area contributed by atoms with Gasteiger partial charge < -0.3 is 20.3 Å². The molecule has 1 saturated heterocycles. The first kappa shape index (κ1) is 16.8. The highest BCUT2D eigenvalue weighted by Gasteiger charge is 2.15. The van der Waals surface area contributed by atoms with Crippen LogP contribution in [0.4, 0.5) is 5.69 Å². The minimum atomic E-state index is 0.0686. The van der Waals surface area contributed by atoms with Crippen LogP contribution in [-0.2, 0) is 4.79 Å². The normalized spacial score (nSPS) is 17.7. The number of nitrogens with one attached hydrogen (secondary N) is 2. The molecule has 0 bridgehead atoms. The highest BCUT2D eigenvalue weighted by Crippen LogP contribution is 2.18. The average Bonchev–Trinajstić information content (AvgIpc) is 2.98. The van der Waals surface area contributed by atoms with Crippen molar-refractivity contribution in [3.63, 3.8) is 0 Å². The topological polar surface area (TPSA) is 53.6 Å². The van der Waals surface area contributed by atoms with Gasteiger partial charge >= 0.3 is 0 Å². The fraction of sp³-hybridized carbons (Fsp3) is 0.588. The first-order chi connectivity index (χ1) is 10.6. The molecule has 1 aromatic rings. The van der Waals surface area contributed by atoms with Gasteiger partial charge in [-0.1, -0.05) is 6.07 Å². The lowest BCUT2D eigenvalue weighted by molar-refractivity contribution is -0.116. The highest BCUT2D eigenvalue weighted by atomic mass is 16.5. The van der Waals surface area contributed by atoms with Gasteiger partial charge in [0.05, 0.1) is 0 Å². The molecule has 5 heteroatoms. The molecule has 2 rings (SSSR count). The minimum Gasteiger partial charge on any atom is -0.492 e. The number of rotatable bonds is 8. The summed E-state index contributed by atoms with van der Waals surface area (Å²) < 4.78 is 5.68. The van der Waals surface area contributed by atoms with Crippen LogP contribution in [0.3, 0.4) is 0 Å². The largest absolute Gasteiger partial charge is 0.492 e. The van der Waals surface area contributed by atoms with E-state index in [-0.39, 0.29) is 5.91 Å². The van der Waals surface area contributed by atoms with Crippen LogP contribution in [0.2, 0.25) is 0 Å². The SMILES string of the molecule is CN(C)CCOc1cccc(NC(=O)CCC2CCCN2)c1. The summed E-state index contributed by atoms with van der Waals surface area (Å²) in [5.74, 6) is 0.858. The van der Waals surface area contributed by atoms with Gasteiger partial charge in [0.15, 0.2) is 0 Å². The second-order valence-corrected chi connectivity index (χ2v) is 6.06.